The van der Waals surface area contributed by atoms with E-state index >= 15 is 0 Å². The molecule has 0 aliphatic rings. The quantitative estimate of drug-likeness (QED) is 0.885. The van der Waals surface area contributed by atoms with E-state index in [1.807, 2.05) is 6.07 Å². The average Bonchev–Trinajstić information content (AvgIpc) is 2.51. The lowest BCUT2D eigenvalue weighted by Crippen LogP contribution is -2.41. The van der Waals surface area contributed by atoms with Crippen molar-refractivity contribution in [3.63, 3.8) is 0 Å². The fourth-order valence-corrected chi connectivity index (χ4v) is 2.02. The van der Waals surface area contributed by atoms with Crippen LogP contribution in [0.4, 0.5) is 8.78 Å². The molecular weight excluding hydrogens is 314 g/mol. The van der Waals surface area contributed by atoms with Crippen LogP contribution in [0.2, 0.25) is 0 Å². The summed E-state index contributed by atoms with van der Waals surface area (Å²) in [5.74, 6) is -3.06. The fourth-order valence-electron chi connectivity index (χ4n) is 2.02. The lowest BCUT2D eigenvalue weighted by Gasteiger charge is -2.15. The predicted octanol–water partition coefficient (Wildman–Crippen LogP) is 2.59. The highest BCUT2D eigenvalue weighted by Gasteiger charge is 2.27. The second-order valence-corrected chi connectivity index (χ2v) is 4.60. The number of benzene rings is 2. The minimum atomic E-state index is -3.11. The van der Waals surface area contributed by atoms with E-state index in [2.05, 4.69) is 5.32 Å². The number of carbonyl (C=O) groups is 1. The smallest absolute Gasteiger partial charge is 0.277 e. The predicted molar refractivity (Wildman–Crippen MR) is 84.1 cm³/mol. The van der Waals surface area contributed by atoms with Gasteiger partial charge in [-0.1, -0.05) is 24.3 Å². The van der Waals surface area contributed by atoms with Crippen molar-refractivity contribution in [1.82, 2.24) is 5.32 Å². The molecule has 0 saturated carbocycles. The van der Waals surface area contributed by atoms with Crippen molar-refractivity contribution in [3.8, 4) is 5.75 Å². The summed E-state index contributed by atoms with van der Waals surface area (Å²) in [6.45, 7) is -1.60. The van der Waals surface area contributed by atoms with Gasteiger partial charge < -0.3 is 15.8 Å². The third-order valence-corrected chi connectivity index (χ3v) is 3.15. The molecule has 120 valence electrons. The van der Waals surface area contributed by atoms with E-state index in [-0.39, 0.29) is 12.4 Å². The molecule has 0 aliphatic carbocycles. The highest BCUT2D eigenvalue weighted by molar-refractivity contribution is 6.08. The van der Waals surface area contributed by atoms with Crippen LogP contribution in [0.1, 0.15) is 10.4 Å². The van der Waals surface area contributed by atoms with Gasteiger partial charge in [0, 0.05) is 10.9 Å². The summed E-state index contributed by atoms with van der Waals surface area (Å²) in [5.41, 5.74) is 5.26. The van der Waals surface area contributed by atoms with Gasteiger partial charge in [-0.2, -0.15) is 0 Å². The number of rotatable bonds is 5. The summed E-state index contributed by atoms with van der Waals surface area (Å²) >= 11 is 0. The lowest BCUT2D eigenvalue weighted by molar-refractivity contribution is 0.0119. The Morgan fingerprint density at radius 2 is 1.86 bits per heavy atom. The van der Waals surface area contributed by atoms with Gasteiger partial charge in [-0.25, -0.2) is 8.78 Å². The van der Waals surface area contributed by atoms with Gasteiger partial charge in [0.05, 0.1) is 20.2 Å². The fraction of sp³-hybridized carbons (Fsp3) is 0.267. The molecule has 0 saturated heterocycles. The monoisotopic (exact) mass is 330 g/mol. The third-order valence-electron chi connectivity index (χ3n) is 3.15. The first-order chi connectivity index (χ1) is 9.98. The van der Waals surface area contributed by atoms with Gasteiger partial charge in [0.15, 0.2) is 0 Å². The Morgan fingerprint density at radius 3 is 2.45 bits per heavy atom. The number of halogens is 3. The highest BCUT2D eigenvalue weighted by Crippen LogP contribution is 2.28. The maximum Gasteiger partial charge on any atom is 0.277 e. The molecule has 0 spiro atoms. The molecule has 2 aromatic carbocycles. The van der Waals surface area contributed by atoms with E-state index in [1.54, 1.807) is 30.3 Å². The number of ether oxygens (including phenoxy) is 1. The third kappa shape index (κ3) is 3.84. The number of hydrogen-bond donors (Lipinski definition) is 2. The van der Waals surface area contributed by atoms with Crippen molar-refractivity contribution in [2.75, 3.05) is 20.2 Å². The topological polar surface area (TPSA) is 64.3 Å². The van der Waals surface area contributed by atoms with Crippen LogP contribution in [0, 0.1) is 0 Å². The summed E-state index contributed by atoms with van der Waals surface area (Å²) in [6, 6.07) is 10.3. The van der Waals surface area contributed by atoms with Gasteiger partial charge in [0.25, 0.3) is 11.8 Å². The largest absolute Gasteiger partial charge is 0.496 e. The maximum atomic E-state index is 13.1. The molecule has 0 unspecified atom stereocenters. The van der Waals surface area contributed by atoms with Crippen LogP contribution in [0.5, 0.6) is 5.75 Å². The maximum absolute atomic E-state index is 13.1. The van der Waals surface area contributed by atoms with E-state index in [0.29, 0.717) is 16.7 Å². The Morgan fingerprint density at radius 1 is 1.23 bits per heavy atom. The molecule has 2 rings (SSSR count). The van der Waals surface area contributed by atoms with E-state index < -0.39 is 24.9 Å². The van der Waals surface area contributed by atoms with E-state index in [0.717, 1.165) is 5.39 Å². The number of methoxy groups -OCH3 is 1. The molecular formula is C15H17ClF2N2O2. The Labute approximate surface area is 133 Å². The molecule has 1 amide bonds. The van der Waals surface area contributed by atoms with Gasteiger partial charge in [-0.15, -0.1) is 12.4 Å². The standard InChI is InChI=1S/C15H16F2N2O2.ClH/c1-21-13-7-6-12(10-4-2-3-5-11(10)13)14(20)19-9-15(16,17)8-18;/h2-7H,8-9,18H2,1H3,(H,19,20);1H. The van der Waals surface area contributed by atoms with Crippen LogP contribution in [-0.2, 0) is 0 Å². The molecule has 0 atom stereocenters. The van der Waals surface area contributed by atoms with E-state index in [4.69, 9.17) is 10.5 Å². The molecule has 4 nitrogen and oxygen atoms in total. The average molecular weight is 331 g/mol. The number of carbonyl (C=O) groups excluding carboxylic acids is 1. The first kappa shape index (κ1) is 18.1. The summed E-state index contributed by atoms with van der Waals surface area (Å²) in [4.78, 5) is 12.1. The second-order valence-electron chi connectivity index (χ2n) is 4.60. The normalized spacial score (nSPS) is 10.9. The Bertz CT molecular complexity index is 665. The van der Waals surface area contributed by atoms with Crippen molar-refractivity contribution < 1.29 is 18.3 Å². The molecule has 22 heavy (non-hydrogen) atoms. The molecule has 0 fully saturated rings. The van der Waals surface area contributed by atoms with Crippen LogP contribution in [0.3, 0.4) is 0 Å². The van der Waals surface area contributed by atoms with Gasteiger partial charge >= 0.3 is 0 Å². The van der Waals surface area contributed by atoms with Crippen LogP contribution in [0.15, 0.2) is 36.4 Å². The molecule has 3 N–H and O–H groups in total. The number of amides is 1. The van der Waals surface area contributed by atoms with Crippen LogP contribution in [0.25, 0.3) is 10.8 Å². The summed E-state index contributed by atoms with van der Waals surface area (Å²) in [7, 11) is 1.53. The Balaban J connectivity index is 0.00000242. The van der Waals surface area contributed by atoms with Gasteiger partial charge in [-0.3, -0.25) is 4.79 Å². The first-order valence-electron chi connectivity index (χ1n) is 6.40. The van der Waals surface area contributed by atoms with Crippen molar-refractivity contribution in [3.05, 3.63) is 42.0 Å². The minimum absolute atomic E-state index is 0. The highest BCUT2D eigenvalue weighted by atomic mass is 35.5. The SMILES string of the molecule is COc1ccc(C(=O)NCC(F)(F)CN)c2ccccc12.Cl. The zero-order valence-electron chi connectivity index (χ0n) is 11.9. The molecule has 2 aromatic rings. The molecule has 0 heterocycles. The molecule has 0 aliphatic heterocycles. The number of nitrogens with one attached hydrogen (secondary N) is 1. The molecule has 0 radical (unpaired) electrons. The molecule has 0 bridgehead atoms. The Hall–Kier alpha value is -1.92. The summed E-state index contributed by atoms with van der Waals surface area (Å²) < 4.78 is 31.4. The van der Waals surface area contributed by atoms with Crippen molar-refractivity contribution in [2.45, 2.75) is 5.92 Å². The van der Waals surface area contributed by atoms with Gasteiger partial charge in [-0.05, 0) is 17.5 Å². The van der Waals surface area contributed by atoms with Crippen LogP contribution < -0.4 is 15.8 Å². The van der Waals surface area contributed by atoms with Crippen molar-refractivity contribution in [2.24, 2.45) is 5.73 Å². The van der Waals surface area contributed by atoms with Gasteiger partial charge in [0.2, 0.25) is 0 Å². The number of fused-ring (bicyclic) bond motifs is 1. The number of hydrogen-bond acceptors (Lipinski definition) is 3. The summed E-state index contributed by atoms with van der Waals surface area (Å²) in [6.07, 6.45) is 0. The molecule has 7 heteroatoms. The Kier molecular flexibility index (Phi) is 6.08. The van der Waals surface area contributed by atoms with E-state index in [9.17, 15) is 13.6 Å². The van der Waals surface area contributed by atoms with Crippen molar-refractivity contribution >= 4 is 29.1 Å². The second kappa shape index (κ2) is 7.38. The zero-order valence-corrected chi connectivity index (χ0v) is 12.8. The van der Waals surface area contributed by atoms with Gasteiger partial charge in [0.1, 0.15) is 5.75 Å². The number of alkyl halides is 2. The molecule has 0 aromatic heterocycles. The van der Waals surface area contributed by atoms with E-state index in [1.165, 1.54) is 7.11 Å². The summed E-state index contributed by atoms with van der Waals surface area (Å²) in [5, 5.41) is 3.60. The number of nitrogens with two attached hydrogens (primary N) is 1. The minimum Gasteiger partial charge on any atom is -0.496 e. The lowest BCUT2D eigenvalue weighted by atomic mass is 10.0. The van der Waals surface area contributed by atoms with Crippen molar-refractivity contribution in [1.29, 1.82) is 0 Å². The first-order valence-corrected chi connectivity index (χ1v) is 6.40. The van der Waals surface area contributed by atoms with Crippen LogP contribution >= 0.6 is 12.4 Å². The zero-order chi connectivity index (χ0) is 15.5. The van der Waals surface area contributed by atoms with Crippen LogP contribution in [-0.4, -0.2) is 32.0 Å².